The van der Waals surface area contributed by atoms with Crippen LogP contribution < -0.4 is 0 Å². The number of esters is 3. The van der Waals surface area contributed by atoms with Crippen molar-refractivity contribution in [3.63, 3.8) is 0 Å². The second-order valence-electron chi connectivity index (χ2n) is 24.9. The first-order chi connectivity index (χ1) is 38.5. The Morgan fingerprint density at radius 3 is 0.513 bits per heavy atom. The Morgan fingerprint density at radius 1 is 0.205 bits per heavy atom. The number of ether oxygens (including phenoxy) is 3. The molecular formula is C72H140O6. The lowest BCUT2D eigenvalue weighted by Crippen LogP contribution is -2.30. The van der Waals surface area contributed by atoms with E-state index in [-0.39, 0.29) is 31.1 Å². The van der Waals surface area contributed by atoms with Gasteiger partial charge in [-0.1, -0.05) is 387 Å². The molecule has 0 aromatic heterocycles. The van der Waals surface area contributed by atoms with E-state index in [9.17, 15) is 14.4 Å². The van der Waals surface area contributed by atoms with Gasteiger partial charge in [0.1, 0.15) is 13.2 Å². The second kappa shape index (κ2) is 67.9. The normalized spacial score (nSPS) is 11.9. The Bertz CT molecular complexity index is 1170. The zero-order valence-corrected chi connectivity index (χ0v) is 53.5. The van der Waals surface area contributed by atoms with Crippen LogP contribution in [-0.2, 0) is 28.6 Å². The molecule has 1 atom stereocenters. The fourth-order valence-corrected chi connectivity index (χ4v) is 11.5. The summed E-state index contributed by atoms with van der Waals surface area (Å²) in [4.78, 5) is 38.3. The number of hydrogen-bond donors (Lipinski definition) is 0. The van der Waals surface area contributed by atoms with Gasteiger partial charge in [-0.15, -0.1) is 0 Å². The highest BCUT2D eigenvalue weighted by Crippen LogP contribution is 2.20. The van der Waals surface area contributed by atoms with Crippen LogP contribution >= 0.6 is 0 Å². The smallest absolute Gasteiger partial charge is 0.306 e. The maximum atomic E-state index is 12.9. The highest BCUT2D eigenvalue weighted by Gasteiger charge is 2.20. The fourth-order valence-electron chi connectivity index (χ4n) is 11.5. The summed E-state index contributed by atoms with van der Waals surface area (Å²) in [6, 6.07) is 0. The predicted octanol–water partition coefficient (Wildman–Crippen LogP) is 24.6. The van der Waals surface area contributed by atoms with Crippen molar-refractivity contribution in [3.05, 3.63) is 0 Å². The Balaban J connectivity index is 4.10. The molecular weight excluding hydrogens is 961 g/mol. The van der Waals surface area contributed by atoms with Gasteiger partial charge in [0.05, 0.1) is 0 Å². The minimum Gasteiger partial charge on any atom is -0.462 e. The van der Waals surface area contributed by atoms with Gasteiger partial charge in [0.25, 0.3) is 0 Å². The molecule has 0 aliphatic rings. The van der Waals surface area contributed by atoms with Crippen LogP contribution in [0.4, 0.5) is 0 Å². The van der Waals surface area contributed by atoms with Crippen molar-refractivity contribution in [3.8, 4) is 0 Å². The van der Waals surface area contributed by atoms with Crippen LogP contribution in [0.3, 0.4) is 0 Å². The van der Waals surface area contributed by atoms with Crippen molar-refractivity contribution in [2.45, 2.75) is 431 Å². The summed E-state index contributed by atoms with van der Waals surface area (Å²) in [6.07, 6.45) is 80.1. The van der Waals surface area contributed by atoms with Gasteiger partial charge in [0.15, 0.2) is 6.10 Å². The van der Waals surface area contributed by atoms with Crippen molar-refractivity contribution in [2.24, 2.45) is 0 Å². The van der Waals surface area contributed by atoms with Crippen molar-refractivity contribution in [1.82, 2.24) is 0 Å². The molecule has 0 N–H and O–H groups in total. The number of carbonyl (C=O) groups is 3. The van der Waals surface area contributed by atoms with E-state index in [0.717, 1.165) is 57.8 Å². The molecule has 6 nitrogen and oxygen atoms in total. The minimum atomic E-state index is -0.763. The van der Waals surface area contributed by atoms with Crippen LogP contribution in [0, 0.1) is 0 Å². The number of hydrogen-bond acceptors (Lipinski definition) is 6. The average Bonchev–Trinajstić information content (AvgIpc) is 3.44. The van der Waals surface area contributed by atoms with Gasteiger partial charge >= 0.3 is 17.9 Å². The Kier molecular flexibility index (Phi) is 66.5. The summed E-state index contributed by atoms with van der Waals surface area (Å²) < 4.78 is 17.0. The molecule has 0 heterocycles. The lowest BCUT2D eigenvalue weighted by Gasteiger charge is -2.18. The van der Waals surface area contributed by atoms with Crippen molar-refractivity contribution >= 4 is 17.9 Å². The molecule has 0 saturated carbocycles. The maximum Gasteiger partial charge on any atom is 0.306 e. The van der Waals surface area contributed by atoms with E-state index >= 15 is 0 Å². The van der Waals surface area contributed by atoms with Crippen LogP contribution in [0.1, 0.15) is 425 Å². The largest absolute Gasteiger partial charge is 0.462 e. The quantitative estimate of drug-likeness (QED) is 0.0343. The maximum absolute atomic E-state index is 12.9. The lowest BCUT2D eigenvalue weighted by atomic mass is 10.0. The lowest BCUT2D eigenvalue weighted by molar-refractivity contribution is -0.167. The zero-order valence-electron chi connectivity index (χ0n) is 53.5. The standard InChI is InChI=1S/C72H140O6/c1-4-7-10-13-16-19-22-24-26-28-30-32-34-36-37-39-40-42-44-46-48-50-53-56-59-62-65-71(74)77-68-69(67-76-70(73)64-61-58-55-52-21-18-15-12-9-6-3)78-72(75)66-63-60-57-54-51-49-47-45-43-41-38-35-33-31-29-27-25-23-20-17-14-11-8-5-2/h69H,4-68H2,1-3H3. The zero-order chi connectivity index (χ0) is 56.4. The van der Waals surface area contributed by atoms with Gasteiger partial charge in [-0.3, -0.25) is 14.4 Å². The van der Waals surface area contributed by atoms with Crippen LogP contribution in [0.5, 0.6) is 0 Å². The summed E-state index contributed by atoms with van der Waals surface area (Å²) in [5.74, 6) is -0.823. The third kappa shape index (κ3) is 65.2. The first-order valence-electron chi connectivity index (χ1n) is 36.0. The van der Waals surface area contributed by atoms with Crippen LogP contribution in [0.25, 0.3) is 0 Å². The second-order valence-corrected chi connectivity index (χ2v) is 24.9. The third-order valence-corrected chi connectivity index (χ3v) is 16.9. The SMILES string of the molecule is CCCCCCCCCCCCCCCCCCCCCCCCCCCCC(=O)OCC(COC(=O)CCCCCCCCCCCC)OC(=O)CCCCCCCCCCCCCCCCCCCCCCCCCC. The summed E-state index contributed by atoms with van der Waals surface area (Å²) in [6.45, 7) is 6.73. The van der Waals surface area contributed by atoms with Crippen LogP contribution in [0.15, 0.2) is 0 Å². The monoisotopic (exact) mass is 1100 g/mol. The molecule has 6 heteroatoms. The predicted molar refractivity (Wildman–Crippen MR) is 340 cm³/mol. The van der Waals surface area contributed by atoms with E-state index in [2.05, 4.69) is 20.8 Å². The van der Waals surface area contributed by atoms with E-state index in [1.165, 1.54) is 327 Å². The molecule has 0 amide bonds. The summed E-state index contributed by atoms with van der Waals surface area (Å²) in [5, 5.41) is 0. The van der Waals surface area contributed by atoms with Gasteiger partial charge in [0.2, 0.25) is 0 Å². The van der Waals surface area contributed by atoms with Crippen molar-refractivity contribution in [2.75, 3.05) is 13.2 Å². The molecule has 1 unspecified atom stereocenters. The molecule has 0 aliphatic carbocycles. The Hall–Kier alpha value is -1.59. The summed E-state index contributed by atoms with van der Waals surface area (Å²) in [5.41, 5.74) is 0. The molecule has 0 fully saturated rings. The van der Waals surface area contributed by atoms with Crippen LogP contribution in [-0.4, -0.2) is 37.2 Å². The molecule has 0 bridgehead atoms. The fraction of sp³-hybridized carbons (Fsp3) is 0.958. The Labute approximate surface area is 488 Å². The van der Waals surface area contributed by atoms with Crippen LogP contribution in [0.2, 0.25) is 0 Å². The Morgan fingerprint density at radius 2 is 0.346 bits per heavy atom. The van der Waals surface area contributed by atoms with E-state index in [4.69, 9.17) is 14.2 Å². The van der Waals surface area contributed by atoms with Crippen molar-refractivity contribution < 1.29 is 28.6 Å². The molecule has 78 heavy (non-hydrogen) atoms. The van der Waals surface area contributed by atoms with Crippen molar-refractivity contribution in [1.29, 1.82) is 0 Å². The van der Waals surface area contributed by atoms with E-state index in [1.54, 1.807) is 0 Å². The summed E-state index contributed by atoms with van der Waals surface area (Å²) >= 11 is 0. The first kappa shape index (κ1) is 76.4. The molecule has 0 aromatic rings. The topological polar surface area (TPSA) is 78.9 Å². The molecule has 464 valence electrons. The molecule has 0 rings (SSSR count). The first-order valence-corrected chi connectivity index (χ1v) is 36.0. The third-order valence-electron chi connectivity index (χ3n) is 16.9. The number of rotatable bonds is 68. The molecule has 0 aliphatic heterocycles. The van der Waals surface area contributed by atoms with Gasteiger partial charge in [0, 0.05) is 19.3 Å². The highest BCUT2D eigenvalue weighted by atomic mass is 16.6. The molecule has 0 saturated heterocycles. The minimum absolute atomic E-state index is 0.0605. The van der Waals surface area contributed by atoms with E-state index in [0.29, 0.717) is 19.3 Å². The van der Waals surface area contributed by atoms with E-state index < -0.39 is 6.10 Å². The molecule has 0 aromatic carbocycles. The average molecular weight is 1100 g/mol. The molecule has 0 spiro atoms. The number of carbonyl (C=O) groups excluding carboxylic acids is 3. The van der Waals surface area contributed by atoms with Gasteiger partial charge < -0.3 is 14.2 Å². The number of unbranched alkanes of at least 4 members (excludes halogenated alkanes) is 57. The van der Waals surface area contributed by atoms with E-state index in [1.807, 2.05) is 0 Å². The van der Waals surface area contributed by atoms with Gasteiger partial charge in [-0.25, -0.2) is 0 Å². The van der Waals surface area contributed by atoms with Gasteiger partial charge in [-0.2, -0.15) is 0 Å². The van der Waals surface area contributed by atoms with Gasteiger partial charge in [-0.05, 0) is 19.3 Å². The molecule has 0 radical (unpaired) electrons. The summed E-state index contributed by atoms with van der Waals surface area (Å²) in [7, 11) is 0. The highest BCUT2D eigenvalue weighted by molar-refractivity contribution is 5.71.